The number of hydrazine groups is 1. The zero-order valence-corrected chi connectivity index (χ0v) is 11.3. The fraction of sp³-hybridized carbons (Fsp3) is 0.0833. The van der Waals surface area contributed by atoms with Crippen molar-refractivity contribution in [3.8, 4) is 0 Å². The summed E-state index contributed by atoms with van der Waals surface area (Å²) in [6, 6.07) is 5.51. The van der Waals surface area contributed by atoms with E-state index in [9.17, 15) is 18.0 Å². The van der Waals surface area contributed by atoms with Gasteiger partial charge >= 0.3 is 11.5 Å². The number of alkyl halides is 3. The summed E-state index contributed by atoms with van der Waals surface area (Å²) in [4.78, 5) is 10.7. The number of rotatable bonds is 5. The van der Waals surface area contributed by atoms with Crippen LogP contribution in [-0.2, 0) is 4.79 Å². The van der Waals surface area contributed by atoms with Crippen LogP contribution in [0.4, 0.5) is 13.2 Å². The molecule has 0 spiro atoms. The maximum atomic E-state index is 12.2. The summed E-state index contributed by atoms with van der Waals surface area (Å²) in [5.41, 5.74) is 3.15. The zero-order chi connectivity index (χ0) is 16.0. The van der Waals surface area contributed by atoms with Crippen molar-refractivity contribution in [3.05, 3.63) is 47.3 Å². The SMILES string of the molecule is NNC(/C=C/c1ccc(SC(F)(F)F)cc1)=C(\N)C(=O)O. The number of nitrogens with one attached hydrogen (secondary N) is 1. The van der Waals surface area contributed by atoms with Crippen LogP contribution in [0, 0.1) is 0 Å². The third-order valence-corrected chi connectivity index (χ3v) is 2.97. The predicted molar refractivity (Wildman–Crippen MR) is 73.6 cm³/mol. The number of hydrogen-bond acceptors (Lipinski definition) is 5. The predicted octanol–water partition coefficient (Wildman–Crippen LogP) is 2.03. The van der Waals surface area contributed by atoms with Crippen molar-refractivity contribution in [2.75, 3.05) is 0 Å². The molecule has 0 bridgehead atoms. The number of halogens is 3. The van der Waals surface area contributed by atoms with Crippen LogP contribution in [0.1, 0.15) is 5.56 Å². The lowest BCUT2D eigenvalue weighted by Gasteiger charge is -2.06. The number of hydrogen-bond donors (Lipinski definition) is 4. The maximum absolute atomic E-state index is 12.2. The molecule has 0 aliphatic rings. The average Bonchev–Trinajstić information content (AvgIpc) is 2.39. The maximum Gasteiger partial charge on any atom is 0.446 e. The van der Waals surface area contributed by atoms with Crippen molar-refractivity contribution >= 4 is 23.8 Å². The Hall–Kier alpha value is -2.13. The summed E-state index contributed by atoms with van der Waals surface area (Å²) in [6.45, 7) is 0. The van der Waals surface area contributed by atoms with Crippen LogP contribution in [0.3, 0.4) is 0 Å². The van der Waals surface area contributed by atoms with Gasteiger partial charge in [-0.1, -0.05) is 18.2 Å². The number of benzene rings is 1. The lowest BCUT2D eigenvalue weighted by molar-refractivity contribution is -0.132. The molecule has 0 fully saturated rings. The van der Waals surface area contributed by atoms with Crippen LogP contribution < -0.4 is 17.0 Å². The summed E-state index contributed by atoms with van der Waals surface area (Å²) in [6.07, 6.45) is 2.78. The number of carbonyl (C=O) groups is 1. The Morgan fingerprint density at radius 3 is 2.29 bits per heavy atom. The van der Waals surface area contributed by atoms with Gasteiger partial charge < -0.3 is 16.3 Å². The van der Waals surface area contributed by atoms with Gasteiger partial charge in [0.25, 0.3) is 0 Å². The summed E-state index contributed by atoms with van der Waals surface area (Å²) >= 11 is -0.216. The van der Waals surface area contributed by atoms with E-state index in [1.54, 1.807) is 0 Å². The molecule has 0 aliphatic carbocycles. The van der Waals surface area contributed by atoms with Crippen molar-refractivity contribution < 1.29 is 23.1 Å². The van der Waals surface area contributed by atoms with Crippen molar-refractivity contribution in [1.82, 2.24) is 5.43 Å². The fourth-order valence-corrected chi connectivity index (χ4v) is 1.83. The summed E-state index contributed by atoms with van der Waals surface area (Å²) in [5, 5.41) is 8.70. The Balaban J connectivity index is 2.86. The molecule has 9 heteroatoms. The van der Waals surface area contributed by atoms with Crippen LogP contribution in [0.25, 0.3) is 6.08 Å². The molecular formula is C12H12F3N3O2S. The van der Waals surface area contributed by atoms with E-state index in [-0.39, 0.29) is 22.4 Å². The molecule has 0 aliphatic heterocycles. The molecule has 0 radical (unpaired) electrons. The smallest absolute Gasteiger partial charge is 0.446 e. The van der Waals surface area contributed by atoms with E-state index in [4.69, 9.17) is 16.7 Å². The Morgan fingerprint density at radius 2 is 1.86 bits per heavy atom. The van der Waals surface area contributed by atoms with E-state index < -0.39 is 17.2 Å². The first-order chi connectivity index (χ1) is 9.73. The van der Waals surface area contributed by atoms with Crippen molar-refractivity contribution in [2.45, 2.75) is 10.4 Å². The molecule has 1 aromatic carbocycles. The molecule has 114 valence electrons. The number of nitrogens with two attached hydrogens (primary N) is 2. The second kappa shape index (κ2) is 7.04. The van der Waals surface area contributed by atoms with Gasteiger partial charge in [0.05, 0.1) is 5.70 Å². The molecule has 21 heavy (non-hydrogen) atoms. The minimum absolute atomic E-state index is 0.0174. The van der Waals surface area contributed by atoms with Gasteiger partial charge in [0, 0.05) is 4.90 Å². The number of aliphatic carboxylic acids is 1. The highest BCUT2D eigenvalue weighted by atomic mass is 32.2. The third-order valence-electron chi connectivity index (χ3n) is 2.23. The van der Waals surface area contributed by atoms with Crippen LogP contribution in [0.5, 0.6) is 0 Å². The van der Waals surface area contributed by atoms with Gasteiger partial charge in [-0.2, -0.15) is 13.2 Å². The first-order valence-corrected chi connectivity index (χ1v) is 6.28. The van der Waals surface area contributed by atoms with E-state index in [1.807, 2.05) is 0 Å². The highest BCUT2D eigenvalue weighted by Crippen LogP contribution is 2.36. The number of carboxylic acid groups (broad SMARTS) is 1. The largest absolute Gasteiger partial charge is 0.477 e. The second-order valence-electron chi connectivity index (χ2n) is 3.73. The molecule has 0 unspecified atom stereocenters. The minimum atomic E-state index is -4.34. The number of carboxylic acids is 1. The van der Waals surface area contributed by atoms with E-state index in [1.165, 1.54) is 36.4 Å². The Bertz CT molecular complexity index is 568. The zero-order valence-electron chi connectivity index (χ0n) is 10.5. The molecule has 0 saturated carbocycles. The highest BCUT2D eigenvalue weighted by molar-refractivity contribution is 8.00. The Kier molecular flexibility index (Phi) is 5.68. The van der Waals surface area contributed by atoms with Gasteiger partial charge in [-0.3, -0.25) is 5.84 Å². The molecular weight excluding hydrogens is 307 g/mol. The number of allylic oxidation sites excluding steroid dienone is 1. The van der Waals surface area contributed by atoms with E-state index in [0.717, 1.165) is 0 Å². The van der Waals surface area contributed by atoms with Crippen molar-refractivity contribution in [2.24, 2.45) is 11.6 Å². The summed E-state index contributed by atoms with van der Waals surface area (Å²) < 4.78 is 36.5. The molecule has 0 heterocycles. The van der Waals surface area contributed by atoms with Crippen LogP contribution in [0.15, 0.2) is 46.6 Å². The highest BCUT2D eigenvalue weighted by Gasteiger charge is 2.28. The van der Waals surface area contributed by atoms with E-state index in [0.29, 0.717) is 5.56 Å². The van der Waals surface area contributed by atoms with Crippen LogP contribution in [0.2, 0.25) is 0 Å². The Morgan fingerprint density at radius 1 is 1.29 bits per heavy atom. The molecule has 0 aromatic heterocycles. The topological polar surface area (TPSA) is 101 Å². The molecule has 1 rings (SSSR count). The quantitative estimate of drug-likeness (QED) is 0.218. The van der Waals surface area contributed by atoms with Crippen LogP contribution in [-0.4, -0.2) is 16.6 Å². The summed E-state index contributed by atoms with van der Waals surface area (Å²) in [5.74, 6) is 3.80. The molecule has 0 atom stereocenters. The van der Waals surface area contributed by atoms with Gasteiger partial charge in [0.2, 0.25) is 0 Å². The third kappa shape index (κ3) is 5.79. The second-order valence-corrected chi connectivity index (χ2v) is 4.87. The van der Waals surface area contributed by atoms with E-state index in [2.05, 4.69) is 5.43 Å². The molecule has 1 aromatic rings. The van der Waals surface area contributed by atoms with E-state index >= 15 is 0 Å². The van der Waals surface area contributed by atoms with Gasteiger partial charge in [-0.05, 0) is 35.5 Å². The first-order valence-electron chi connectivity index (χ1n) is 5.46. The van der Waals surface area contributed by atoms with Gasteiger partial charge in [-0.15, -0.1) is 0 Å². The summed E-state index contributed by atoms with van der Waals surface area (Å²) in [7, 11) is 0. The fourth-order valence-electron chi connectivity index (χ4n) is 1.29. The molecule has 0 amide bonds. The van der Waals surface area contributed by atoms with Crippen LogP contribution >= 0.6 is 11.8 Å². The molecule has 6 N–H and O–H groups in total. The first kappa shape index (κ1) is 16.9. The normalized spacial score (nSPS) is 13.1. The van der Waals surface area contributed by atoms with Gasteiger partial charge in [0.1, 0.15) is 5.70 Å². The Labute approximate surface area is 122 Å². The number of thioether (sulfide) groups is 1. The average molecular weight is 319 g/mol. The van der Waals surface area contributed by atoms with Crippen molar-refractivity contribution in [3.63, 3.8) is 0 Å². The van der Waals surface area contributed by atoms with Gasteiger partial charge in [-0.25, -0.2) is 4.79 Å². The standard InChI is InChI=1S/C12H12F3N3O2S/c13-12(14,15)21-8-4-1-7(2-5-8)3-6-9(18-17)10(16)11(19)20/h1-6,18H,16-17H2,(H,19,20)/b6-3+,10-9-. The van der Waals surface area contributed by atoms with Gasteiger partial charge in [0.15, 0.2) is 0 Å². The minimum Gasteiger partial charge on any atom is -0.477 e. The molecule has 5 nitrogen and oxygen atoms in total. The lowest BCUT2D eigenvalue weighted by atomic mass is 10.2. The van der Waals surface area contributed by atoms with Crippen molar-refractivity contribution in [1.29, 1.82) is 0 Å². The lowest BCUT2D eigenvalue weighted by Crippen LogP contribution is -2.26. The monoisotopic (exact) mass is 319 g/mol. The molecule has 0 saturated heterocycles.